The molecule has 2 amide bonds. The van der Waals surface area contributed by atoms with Gasteiger partial charge in [0.25, 0.3) is 5.91 Å². The van der Waals surface area contributed by atoms with Crippen molar-refractivity contribution in [3.63, 3.8) is 0 Å². The highest BCUT2D eigenvalue weighted by atomic mass is 16.5. The number of hydrogen-bond acceptors (Lipinski definition) is 4. The minimum Gasteiger partial charge on any atom is -0.455 e. The van der Waals surface area contributed by atoms with Crippen LogP contribution in [0, 0.1) is 17.8 Å². The number of carbonyl (C=O) groups is 3. The molecule has 0 aromatic carbocycles. The smallest absolute Gasteiger partial charge is 0.311 e. The molecule has 26 heavy (non-hydrogen) atoms. The first-order chi connectivity index (χ1) is 12.5. The Labute approximate surface area is 156 Å². The van der Waals surface area contributed by atoms with Crippen LogP contribution < -0.4 is 5.32 Å². The average molecular weight is 364 g/mol. The average Bonchev–Trinajstić information content (AvgIpc) is 3.25. The van der Waals surface area contributed by atoms with E-state index < -0.39 is 11.9 Å². The Morgan fingerprint density at radius 2 is 1.85 bits per heavy atom. The Balaban J connectivity index is 1.46. The van der Waals surface area contributed by atoms with Crippen molar-refractivity contribution in [1.29, 1.82) is 0 Å². The summed E-state index contributed by atoms with van der Waals surface area (Å²) in [5, 5.41) is 2.91. The second-order valence-electron chi connectivity index (χ2n) is 8.44. The molecular weight excluding hydrogens is 332 g/mol. The summed E-state index contributed by atoms with van der Waals surface area (Å²) in [6.07, 6.45) is 7.86. The molecule has 1 aliphatic heterocycles. The molecule has 6 heteroatoms. The lowest BCUT2D eigenvalue weighted by Gasteiger charge is -2.39. The predicted molar refractivity (Wildman–Crippen MR) is 97.1 cm³/mol. The van der Waals surface area contributed by atoms with Gasteiger partial charge in [0.05, 0.1) is 5.92 Å². The number of hydrogen-bond donors (Lipinski definition) is 1. The van der Waals surface area contributed by atoms with Crippen LogP contribution in [0.5, 0.6) is 0 Å². The molecular formula is C20H32N2O4. The lowest BCUT2D eigenvalue weighted by atomic mass is 9.77. The highest BCUT2D eigenvalue weighted by Crippen LogP contribution is 2.35. The van der Waals surface area contributed by atoms with Crippen molar-refractivity contribution in [2.24, 2.45) is 17.8 Å². The summed E-state index contributed by atoms with van der Waals surface area (Å²) in [6, 6.07) is 0.453. The largest absolute Gasteiger partial charge is 0.455 e. The molecule has 3 fully saturated rings. The third kappa shape index (κ3) is 4.38. The topological polar surface area (TPSA) is 75.7 Å². The first kappa shape index (κ1) is 19.2. The van der Waals surface area contributed by atoms with Crippen LogP contribution in [0.25, 0.3) is 0 Å². The quantitative estimate of drug-likeness (QED) is 0.759. The van der Waals surface area contributed by atoms with Crippen LogP contribution in [0.4, 0.5) is 0 Å². The summed E-state index contributed by atoms with van der Waals surface area (Å²) in [7, 11) is 0. The summed E-state index contributed by atoms with van der Waals surface area (Å²) in [5.74, 6) is 0.0195. The van der Waals surface area contributed by atoms with Gasteiger partial charge < -0.3 is 15.0 Å². The van der Waals surface area contributed by atoms with Crippen LogP contribution in [0.2, 0.25) is 0 Å². The van der Waals surface area contributed by atoms with Crippen molar-refractivity contribution in [3.05, 3.63) is 0 Å². The molecule has 0 bridgehead atoms. The lowest BCUT2D eigenvalue weighted by Crippen LogP contribution is -2.45. The van der Waals surface area contributed by atoms with Gasteiger partial charge in [-0.3, -0.25) is 14.4 Å². The predicted octanol–water partition coefficient (Wildman–Crippen LogP) is 2.26. The molecule has 1 saturated heterocycles. The van der Waals surface area contributed by atoms with Crippen LogP contribution >= 0.6 is 0 Å². The maximum atomic E-state index is 12.4. The van der Waals surface area contributed by atoms with Crippen molar-refractivity contribution in [2.75, 3.05) is 13.2 Å². The monoisotopic (exact) mass is 364 g/mol. The molecule has 2 saturated carbocycles. The summed E-state index contributed by atoms with van der Waals surface area (Å²) in [4.78, 5) is 38.6. The first-order valence-corrected chi connectivity index (χ1v) is 10.2. The maximum Gasteiger partial charge on any atom is 0.311 e. The second kappa shape index (κ2) is 8.40. The van der Waals surface area contributed by atoms with Gasteiger partial charge in [-0.2, -0.15) is 0 Å². The summed E-state index contributed by atoms with van der Waals surface area (Å²) >= 11 is 0. The lowest BCUT2D eigenvalue weighted by molar-refractivity contribution is -0.152. The first-order valence-electron chi connectivity index (χ1n) is 10.2. The van der Waals surface area contributed by atoms with Gasteiger partial charge in [-0.25, -0.2) is 0 Å². The molecule has 0 aromatic rings. The van der Waals surface area contributed by atoms with Crippen molar-refractivity contribution in [3.8, 4) is 0 Å². The molecule has 3 rings (SSSR count). The molecule has 0 aromatic heterocycles. The fraction of sp³-hybridized carbons (Fsp3) is 0.850. The van der Waals surface area contributed by atoms with E-state index in [1.54, 1.807) is 0 Å². The zero-order valence-corrected chi connectivity index (χ0v) is 16.0. The van der Waals surface area contributed by atoms with Crippen LogP contribution in [0.3, 0.4) is 0 Å². The minimum atomic E-state index is -0.439. The van der Waals surface area contributed by atoms with Crippen molar-refractivity contribution in [2.45, 2.75) is 77.3 Å². The van der Waals surface area contributed by atoms with E-state index >= 15 is 0 Å². The second-order valence-corrected chi connectivity index (χ2v) is 8.44. The zero-order chi connectivity index (χ0) is 18.7. The number of rotatable bonds is 5. The van der Waals surface area contributed by atoms with Crippen LogP contribution in [-0.2, 0) is 19.1 Å². The van der Waals surface area contributed by atoms with Gasteiger partial charge in [-0.05, 0) is 31.1 Å². The van der Waals surface area contributed by atoms with E-state index in [0.717, 1.165) is 38.5 Å². The summed E-state index contributed by atoms with van der Waals surface area (Å²) in [5.41, 5.74) is 0. The number of nitrogens with one attached hydrogen (secondary N) is 1. The zero-order valence-electron chi connectivity index (χ0n) is 16.0. The van der Waals surface area contributed by atoms with Gasteiger partial charge in [0, 0.05) is 25.0 Å². The van der Waals surface area contributed by atoms with Gasteiger partial charge in [0.1, 0.15) is 0 Å². The SMILES string of the molecule is C[C@@H]1[C@H](C)CCC[C@H]1N1C[C@H](C(=O)OCC(=O)NC2CCCC2)CC1=O. The van der Waals surface area contributed by atoms with E-state index in [2.05, 4.69) is 19.2 Å². The third-order valence-electron chi connectivity index (χ3n) is 6.62. The number of likely N-dealkylation sites (tertiary alicyclic amines) is 1. The molecule has 2 aliphatic carbocycles. The van der Waals surface area contributed by atoms with E-state index in [0.29, 0.717) is 18.4 Å². The van der Waals surface area contributed by atoms with Crippen molar-refractivity contribution < 1.29 is 19.1 Å². The van der Waals surface area contributed by atoms with Gasteiger partial charge in [0.2, 0.25) is 5.91 Å². The fourth-order valence-electron chi connectivity index (χ4n) is 4.80. The molecule has 1 heterocycles. The Hall–Kier alpha value is -1.59. The van der Waals surface area contributed by atoms with Gasteiger partial charge in [-0.1, -0.05) is 39.5 Å². The van der Waals surface area contributed by atoms with E-state index in [4.69, 9.17) is 4.74 Å². The number of carbonyl (C=O) groups excluding carboxylic acids is 3. The van der Waals surface area contributed by atoms with Crippen LogP contribution in [0.1, 0.15) is 65.2 Å². The molecule has 4 atom stereocenters. The molecule has 1 N–H and O–H groups in total. The Morgan fingerprint density at radius 1 is 1.12 bits per heavy atom. The van der Waals surface area contributed by atoms with E-state index in [1.165, 1.54) is 6.42 Å². The standard InChI is InChI=1S/C20H32N2O4/c1-13-6-5-9-17(14(13)2)22-11-15(10-19(22)24)20(25)26-12-18(23)21-16-7-3-4-8-16/h13-17H,3-12H2,1-2H3,(H,21,23)/t13-,14-,15-,17-/m1/s1. The molecule has 0 radical (unpaired) electrons. The minimum absolute atomic E-state index is 0.0494. The van der Waals surface area contributed by atoms with Crippen molar-refractivity contribution in [1.82, 2.24) is 10.2 Å². The fourth-order valence-corrected chi connectivity index (χ4v) is 4.80. The Morgan fingerprint density at radius 3 is 2.58 bits per heavy atom. The highest BCUT2D eigenvalue weighted by molar-refractivity contribution is 5.88. The normalized spacial score (nSPS) is 32.7. The molecule has 146 valence electrons. The van der Waals surface area contributed by atoms with E-state index in [1.807, 2.05) is 4.90 Å². The molecule has 6 nitrogen and oxygen atoms in total. The van der Waals surface area contributed by atoms with Gasteiger partial charge in [-0.15, -0.1) is 0 Å². The highest BCUT2D eigenvalue weighted by Gasteiger charge is 2.42. The van der Waals surface area contributed by atoms with Gasteiger partial charge in [0.15, 0.2) is 6.61 Å². The van der Waals surface area contributed by atoms with Gasteiger partial charge >= 0.3 is 5.97 Å². The maximum absolute atomic E-state index is 12.4. The Kier molecular flexibility index (Phi) is 6.20. The summed E-state index contributed by atoms with van der Waals surface area (Å²) < 4.78 is 5.20. The van der Waals surface area contributed by atoms with Crippen LogP contribution in [-0.4, -0.2) is 47.9 Å². The number of amides is 2. The summed E-state index contributed by atoms with van der Waals surface area (Å²) in [6.45, 7) is 4.65. The third-order valence-corrected chi connectivity index (χ3v) is 6.62. The Bertz CT molecular complexity index is 544. The number of ether oxygens (including phenoxy) is 1. The van der Waals surface area contributed by atoms with Crippen LogP contribution in [0.15, 0.2) is 0 Å². The van der Waals surface area contributed by atoms with E-state index in [9.17, 15) is 14.4 Å². The van der Waals surface area contributed by atoms with E-state index in [-0.39, 0.29) is 36.9 Å². The molecule has 0 unspecified atom stereocenters. The molecule has 3 aliphatic rings. The number of esters is 1. The molecule has 0 spiro atoms. The number of nitrogens with zero attached hydrogens (tertiary/aromatic N) is 1. The van der Waals surface area contributed by atoms with Crippen molar-refractivity contribution >= 4 is 17.8 Å².